The average molecular weight is 266 g/mol. The second-order valence-corrected chi connectivity index (χ2v) is 4.17. The first-order valence-corrected chi connectivity index (χ1v) is 5.79. The predicted octanol–water partition coefficient (Wildman–Crippen LogP) is 4.02. The molecule has 1 aromatic heterocycles. The molecule has 19 heavy (non-hydrogen) atoms. The van der Waals surface area contributed by atoms with Gasteiger partial charge in [-0.1, -0.05) is 18.2 Å². The van der Waals surface area contributed by atoms with E-state index in [0.29, 0.717) is 5.69 Å². The Kier molecular flexibility index (Phi) is 3.74. The van der Waals surface area contributed by atoms with Crippen LogP contribution in [0.15, 0.2) is 42.5 Å². The van der Waals surface area contributed by atoms with E-state index in [4.69, 9.17) is 0 Å². The number of hydrogen-bond donors (Lipinski definition) is 1. The lowest BCUT2D eigenvalue weighted by Crippen LogP contribution is -2.11. The number of aromatic nitrogens is 1. The standard InChI is InChI=1S/C14H13F3N2/c1-10-5-4-6-11(19-10)9-18-13-8-3-2-7-12(13)14(15,16)17/h2-8,18H,9H2,1H3. The Morgan fingerprint density at radius 2 is 1.79 bits per heavy atom. The van der Waals surface area contributed by atoms with Crippen LogP contribution in [0, 0.1) is 6.92 Å². The van der Waals surface area contributed by atoms with Gasteiger partial charge in [-0.3, -0.25) is 4.98 Å². The molecule has 2 rings (SSSR count). The number of anilines is 1. The maximum atomic E-state index is 12.8. The van der Waals surface area contributed by atoms with Crippen molar-refractivity contribution in [2.45, 2.75) is 19.6 Å². The molecule has 0 atom stereocenters. The van der Waals surface area contributed by atoms with E-state index in [9.17, 15) is 13.2 Å². The van der Waals surface area contributed by atoms with Crippen molar-refractivity contribution in [3.63, 3.8) is 0 Å². The van der Waals surface area contributed by atoms with Crippen LogP contribution in [0.3, 0.4) is 0 Å². The Labute approximate surface area is 109 Å². The van der Waals surface area contributed by atoms with Gasteiger partial charge in [0.15, 0.2) is 0 Å². The van der Waals surface area contributed by atoms with E-state index in [1.54, 1.807) is 12.1 Å². The van der Waals surface area contributed by atoms with Crippen molar-refractivity contribution in [2.75, 3.05) is 5.32 Å². The number of hydrogen-bond acceptors (Lipinski definition) is 2. The number of aryl methyl sites for hydroxylation is 1. The molecule has 1 aromatic carbocycles. The fourth-order valence-corrected chi connectivity index (χ4v) is 1.77. The smallest absolute Gasteiger partial charge is 0.379 e. The third-order valence-corrected chi connectivity index (χ3v) is 2.64. The highest BCUT2D eigenvalue weighted by atomic mass is 19.4. The Hall–Kier alpha value is -2.04. The highest BCUT2D eigenvalue weighted by molar-refractivity contribution is 5.52. The number of pyridine rings is 1. The summed E-state index contributed by atoms with van der Waals surface area (Å²) in [5.74, 6) is 0. The minimum absolute atomic E-state index is 0.0679. The quantitative estimate of drug-likeness (QED) is 0.907. The van der Waals surface area contributed by atoms with Crippen LogP contribution in [0.5, 0.6) is 0 Å². The summed E-state index contributed by atoms with van der Waals surface area (Å²) in [4.78, 5) is 4.24. The summed E-state index contributed by atoms with van der Waals surface area (Å²) in [5.41, 5.74) is 0.946. The van der Waals surface area contributed by atoms with Crippen LogP contribution in [0.4, 0.5) is 18.9 Å². The monoisotopic (exact) mass is 266 g/mol. The van der Waals surface area contributed by atoms with E-state index in [1.807, 2.05) is 19.1 Å². The van der Waals surface area contributed by atoms with E-state index >= 15 is 0 Å². The summed E-state index contributed by atoms with van der Waals surface area (Å²) in [5, 5.41) is 2.78. The van der Waals surface area contributed by atoms with Gasteiger partial charge >= 0.3 is 6.18 Å². The molecule has 0 fully saturated rings. The largest absolute Gasteiger partial charge is 0.418 e. The lowest BCUT2D eigenvalue weighted by molar-refractivity contribution is -0.136. The molecule has 0 radical (unpaired) electrons. The highest BCUT2D eigenvalue weighted by Crippen LogP contribution is 2.34. The molecule has 1 N–H and O–H groups in total. The zero-order chi connectivity index (χ0) is 13.9. The molecule has 0 aliphatic rings. The van der Waals surface area contributed by atoms with Gasteiger partial charge in [0.05, 0.1) is 17.8 Å². The summed E-state index contributed by atoms with van der Waals surface area (Å²) in [7, 11) is 0. The molecule has 0 aliphatic heterocycles. The van der Waals surface area contributed by atoms with Crippen LogP contribution < -0.4 is 5.32 Å². The fraction of sp³-hybridized carbons (Fsp3) is 0.214. The Balaban J connectivity index is 2.16. The molecule has 2 nitrogen and oxygen atoms in total. The SMILES string of the molecule is Cc1cccc(CNc2ccccc2C(F)(F)F)n1. The zero-order valence-corrected chi connectivity index (χ0v) is 10.3. The molecule has 0 saturated heterocycles. The van der Waals surface area contributed by atoms with Crippen molar-refractivity contribution in [2.24, 2.45) is 0 Å². The van der Waals surface area contributed by atoms with Crippen LogP contribution in [-0.4, -0.2) is 4.98 Å². The maximum Gasteiger partial charge on any atom is 0.418 e. The van der Waals surface area contributed by atoms with Crippen molar-refractivity contribution in [1.29, 1.82) is 0 Å². The minimum Gasteiger partial charge on any atom is -0.379 e. The molecule has 0 amide bonds. The van der Waals surface area contributed by atoms with Crippen LogP contribution in [0.1, 0.15) is 17.0 Å². The number of nitrogens with one attached hydrogen (secondary N) is 1. The molecular weight excluding hydrogens is 253 g/mol. The van der Waals surface area contributed by atoms with Gasteiger partial charge in [0.2, 0.25) is 0 Å². The van der Waals surface area contributed by atoms with E-state index < -0.39 is 11.7 Å². The summed E-state index contributed by atoms with van der Waals surface area (Å²) in [6.45, 7) is 2.10. The van der Waals surface area contributed by atoms with Crippen molar-refractivity contribution < 1.29 is 13.2 Å². The topological polar surface area (TPSA) is 24.9 Å². The van der Waals surface area contributed by atoms with Crippen molar-refractivity contribution in [1.82, 2.24) is 4.98 Å². The lowest BCUT2D eigenvalue weighted by atomic mass is 10.1. The number of halogens is 3. The number of alkyl halides is 3. The number of nitrogens with zero attached hydrogens (tertiary/aromatic N) is 1. The fourth-order valence-electron chi connectivity index (χ4n) is 1.77. The first-order valence-electron chi connectivity index (χ1n) is 5.79. The Morgan fingerprint density at radius 3 is 2.47 bits per heavy atom. The van der Waals surface area contributed by atoms with Crippen molar-refractivity contribution >= 4 is 5.69 Å². The van der Waals surface area contributed by atoms with Crippen LogP contribution >= 0.6 is 0 Å². The molecule has 0 spiro atoms. The van der Waals surface area contributed by atoms with Gasteiger partial charge in [0.1, 0.15) is 0 Å². The van der Waals surface area contributed by atoms with Crippen LogP contribution in [0.25, 0.3) is 0 Å². The normalized spacial score (nSPS) is 11.4. The Morgan fingerprint density at radius 1 is 1.05 bits per heavy atom. The highest BCUT2D eigenvalue weighted by Gasteiger charge is 2.32. The minimum atomic E-state index is -4.36. The summed E-state index contributed by atoms with van der Waals surface area (Å²) < 4.78 is 38.3. The second kappa shape index (κ2) is 5.30. The predicted molar refractivity (Wildman–Crippen MR) is 67.7 cm³/mol. The molecule has 0 saturated carbocycles. The molecule has 0 aliphatic carbocycles. The van der Waals surface area contributed by atoms with Gasteiger partial charge in [-0.25, -0.2) is 0 Å². The van der Waals surface area contributed by atoms with E-state index in [1.165, 1.54) is 12.1 Å². The average Bonchev–Trinajstić information content (AvgIpc) is 2.36. The molecule has 2 aromatic rings. The van der Waals surface area contributed by atoms with Gasteiger partial charge in [-0.05, 0) is 31.2 Å². The third-order valence-electron chi connectivity index (χ3n) is 2.64. The van der Waals surface area contributed by atoms with Gasteiger partial charge < -0.3 is 5.32 Å². The van der Waals surface area contributed by atoms with Crippen LogP contribution in [0.2, 0.25) is 0 Å². The summed E-state index contributed by atoms with van der Waals surface area (Å²) in [6, 6.07) is 10.9. The van der Waals surface area contributed by atoms with Gasteiger partial charge in [-0.15, -0.1) is 0 Å². The molecule has 0 bridgehead atoms. The first-order chi connectivity index (χ1) is 8.97. The van der Waals surface area contributed by atoms with Crippen molar-refractivity contribution in [3.8, 4) is 0 Å². The Bertz CT molecular complexity index is 565. The van der Waals surface area contributed by atoms with Crippen molar-refractivity contribution in [3.05, 3.63) is 59.4 Å². The van der Waals surface area contributed by atoms with E-state index in [-0.39, 0.29) is 12.2 Å². The first kappa shape index (κ1) is 13.4. The van der Waals surface area contributed by atoms with Gasteiger partial charge in [0, 0.05) is 11.4 Å². The lowest BCUT2D eigenvalue weighted by Gasteiger charge is -2.14. The number of rotatable bonds is 3. The zero-order valence-electron chi connectivity index (χ0n) is 10.3. The molecule has 0 unspecified atom stereocenters. The summed E-state index contributed by atoms with van der Waals surface area (Å²) >= 11 is 0. The van der Waals surface area contributed by atoms with E-state index in [2.05, 4.69) is 10.3 Å². The maximum absolute atomic E-state index is 12.8. The van der Waals surface area contributed by atoms with Crippen LogP contribution in [-0.2, 0) is 12.7 Å². The number of benzene rings is 1. The summed E-state index contributed by atoms with van der Waals surface area (Å²) in [6.07, 6.45) is -4.36. The molecule has 100 valence electrons. The molecule has 5 heteroatoms. The molecular formula is C14H13F3N2. The van der Waals surface area contributed by atoms with E-state index in [0.717, 1.165) is 11.8 Å². The number of para-hydroxylation sites is 1. The van der Waals surface area contributed by atoms with Gasteiger partial charge in [0.25, 0.3) is 0 Å². The third kappa shape index (κ3) is 3.47. The second-order valence-electron chi connectivity index (χ2n) is 4.17. The molecule has 1 heterocycles. The van der Waals surface area contributed by atoms with Gasteiger partial charge in [-0.2, -0.15) is 13.2 Å².